The number of benzene rings is 1. The maximum absolute atomic E-state index is 5.70. The molecule has 1 spiro atoms. The molecule has 0 radical (unpaired) electrons. The van der Waals surface area contributed by atoms with Crippen LogP contribution in [-0.2, 0) is 4.84 Å². The van der Waals surface area contributed by atoms with Crippen molar-refractivity contribution in [2.75, 3.05) is 19.9 Å². The van der Waals surface area contributed by atoms with E-state index < -0.39 is 5.72 Å². The third-order valence-electron chi connectivity index (χ3n) is 3.68. The van der Waals surface area contributed by atoms with Crippen LogP contribution >= 0.6 is 12.4 Å². The zero-order valence-corrected chi connectivity index (χ0v) is 11.7. The molecule has 3 heterocycles. The van der Waals surface area contributed by atoms with Crippen LogP contribution in [0.25, 0.3) is 0 Å². The number of piperidine rings is 1. The molecule has 0 atom stereocenters. The number of hydrogen-bond acceptors (Lipinski definition) is 6. The summed E-state index contributed by atoms with van der Waals surface area (Å²) in [6.07, 6.45) is 1.77. The minimum absolute atomic E-state index is 0. The maximum Gasteiger partial charge on any atom is 0.231 e. The van der Waals surface area contributed by atoms with Crippen molar-refractivity contribution in [1.82, 2.24) is 10.8 Å². The quantitative estimate of drug-likeness (QED) is 0.815. The molecule has 1 fully saturated rings. The third-order valence-corrected chi connectivity index (χ3v) is 3.68. The Morgan fingerprint density at radius 2 is 1.90 bits per heavy atom. The van der Waals surface area contributed by atoms with E-state index in [0.29, 0.717) is 0 Å². The molecular weight excluding hydrogens is 282 g/mol. The molecule has 1 aromatic rings. The fourth-order valence-corrected chi connectivity index (χ4v) is 2.59. The van der Waals surface area contributed by atoms with Crippen molar-refractivity contribution in [3.63, 3.8) is 0 Å². The lowest BCUT2D eigenvalue weighted by Gasteiger charge is -2.28. The van der Waals surface area contributed by atoms with Gasteiger partial charge in [-0.2, -0.15) is 0 Å². The normalized spacial score (nSPS) is 22.1. The molecule has 3 aliphatic rings. The second-order valence-corrected chi connectivity index (χ2v) is 4.93. The van der Waals surface area contributed by atoms with Crippen molar-refractivity contribution >= 4 is 18.2 Å². The van der Waals surface area contributed by atoms with Gasteiger partial charge in [0.05, 0.1) is 0 Å². The monoisotopic (exact) mass is 297 g/mol. The number of rotatable bonds is 1. The lowest BCUT2D eigenvalue weighted by atomic mass is 10.0. The smallest absolute Gasteiger partial charge is 0.231 e. The highest BCUT2D eigenvalue weighted by Crippen LogP contribution is 2.34. The van der Waals surface area contributed by atoms with E-state index >= 15 is 0 Å². The number of ether oxygens (including phenoxy) is 2. The summed E-state index contributed by atoms with van der Waals surface area (Å²) in [4.78, 5) is 10.4. The maximum atomic E-state index is 5.70. The summed E-state index contributed by atoms with van der Waals surface area (Å²) >= 11 is 0. The fraction of sp³-hybridized carbons (Fsp3) is 0.462. The summed E-state index contributed by atoms with van der Waals surface area (Å²) in [6.45, 7) is 2.14. The summed E-state index contributed by atoms with van der Waals surface area (Å²) in [7, 11) is 0. The van der Waals surface area contributed by atoms with E-state index in [9.17, 15) is 0 Å². The molecule has 7 heteroatoms. The highest BCUT2D eigenvalue weighted by atomic mass is 35.5. The summed E-state index contributed by atoms with van der Waals surface area (Å²) in [5.74, 6) is 2.30. The van der Waals surface area contributed by atoms with Gasteiger partial charge in [0, 0.05) is 18.4 Å². The van der Waals surface area contributed by atoms with Crippen LogP contribution in [0.1, 0.15) is 18.4 Å². The molecule has 0 unspecified atom stereocenters. The molecule has 6 nitrogen and oxygen atoms in total. The largest absolute Gasteiger partial charge is 0.454 e. The highest BCUT2D eigenvalue weighted by Gasteiger charge is 2.38. The summed E-state index contributed by atoms with van der Waals surface area (Å²) in [5, 5.41) is 3.31. The van der Waals surface area contributed by atoms with E-state index in [2.05, 4.69) is 10.8 Å². The molecule has 4 rings (SSSR count). The van der Waals surface area contributed by atoms with Crippen LogP contribution < -0.4 is 20.3 Å². The second kappa shape index (κ2) is 5.12. The molecule has 2 N–H and O–H groups in total. The summed E-state index contributed by atoms with van der Waals surface area (Å²) in [5.41, 5.74) is 3.50. The predicted octanol–water partition coefficient (Wildman–Crippen LogP) is 1.20. The van der Waals surface area contributed by atoms with Crippen LogP contribution in [0.2, 0.25) is 0 Å². The van der Waals surface area contributed by atoms with Crippen LogP contribution in [0, 0.1) is 0 Å². The van der Waals surface area contributed by atoms with Crippen LogP contribution in [-0.4, -0.2) is 31.4 Å². The lowest BCUT2D eigenvalue weighted by molar-refractivity contribution is -0.0720. The van der Waals surface area contributed by atoms with Gasteiger partial charge in [-0.3, -0.25) is 0 Å². The zero-order chi connectivity index (χ0) is 12.7. The Bertz CT molecular complexity index is 544. The number of amidine groups is 1. The molecule has 0 bridgehead atoms. The highest BCUT2D eigenvalue weighted by molar-refractivity contribution is 5.99. The number of halogens is 1. The van der Waals surface area contributed by atoms with Crippen molar-refractivity contribution in [2.45, 2.75) is 18.6 Å². The second-order valence-electron chi connectivity index (χ2n) is 4.93. The van der Waals surface area contributed by atoms with Gasteiger partial charge in [0.15, 0.2) is 23.1 Å². The van der Waals surface area contributed by atoms with Gasteiger partial charge in [-0.1, -0.05) is 0 Å². The molecule has 1 saturated heterocycles. The first-order valence-corrected chi connectivity index (χ1v) is 6.49. The average Bonchev–Trinajstić information content (AvgIpc) is 3.06. The van der Waals surface area contributed by atoms with E-state index in [1.54, 1.807) is 0 Å². The predicted molar refractivity (Wildman–Crippen MR) is 75.4 cm³/mol. The fourth-order valence-electron chi connectivity index (χ4n) is 2.59. The van der Waals surface area contributed by atoms with Crippen molar-refractivity contribution in [2.24, 2.45) is 4.99 Å². The number of hydroxylamine groups is 1. The first-order valence-electron chi connectivity index (χ1n) is 6.49. The standard InChI is InChI=1S/C13H15N3O3.ClH/c1-2-10-11(18-8-17-10)7-9(1)12-15-13(19-16-12)3-5-14-6-4-13;/h1-2,7,14H,3-6,8H2,(H,15,16);1H. The molecule has 0 saturated carbocycles. The third kappa shape index (κ3) is 2.19. The zero-order valence-electron chi connectivity index (χ0n) is 10.8. The Kier molecular flexibility index (Phi) is 3.45. The van der Waals surface area contributed by atoms with E-state index in [-0.39, 0.29) is 19.2 Å². The van der Waals surface area contributed by atoms with Gasteiger partial charge in [0.25, 0.3) is 0 Å². The van der Waals surface area contributed by atoms with E-state index in [1.807, 2.05) is 18.2 Å². The van der Waals surface area contributed by atoms with Crippen LogP contribution in [0.3, 0.4) is 0 Å². The van der Waals surface area contributed by atoms with Gasteiger partial charge in [0.1, 0.15) is 0 Å². The number of nitrogens with one attached hydrogen (secondary N) is 2. The van der Waals surface area contributed by atoms with Gasteiger partial charge in [-0.05, 0) is 31.3 Å². The summed E-state index contributed by atoms with van der Waals surface area (Å²) < 4.78 is 10.7. The Morgan fingerprint density at radius 3 is 2.75 bits per heavy atom. The molecular formula is C13H16ClN3O3. The topological polar surface area (TPSA) is 64.1 Å². The van der Waals surface area contributed by atoms with Crippen molar-refractivity contribution in [3.05, 3.63) is 23.8 Å². The molecule has 108 valence electrons. The molecule has 20 heavy (non-hydrogen) atoms. The number of aliphatic imine (C=N–C) groups is 1. The van der Waals surface area contributed by atoms with Crippen molar-refractivity contribution < 1.29 is 14.3 Å². The molecule has 0 amide bonds. The molecule has 0 aliphatic carbocycles. The Labute approximate surface area is 122 Å². The van der Waals surface area contributed by atoms with Gasteiger partial charge in [-0.25, -0.2) is 15.3 Å². The number of hydrogen-bond donors (Lipinski definition) is 2. The Hall–Kier alpha value is -1.50. The lowest BCUT2D eigenvalue weighted by Crippen LogP contribution is -2.41. The van der Waals surface area contributed by atoms with Crippen LogP contribution in [0.5, 0.6) is 11.5 Å². The molecule has 3 aliphatic heterocycles. The minimum Gasteiger partial charge on any atom is -0.454 e. The van der Waals surface area contributed by atoms with Gasteiger partial charge < -0.3 is 14.8 Å². The van der Waals surface area contributed by atoms with E-state index in [4.69, 9.17) is 19.3 Å². The first-order chi connectivity index (χ1) is 9.35. The van der Waals surface area contributed by atoms with E-state index in [0.717, 1.165) is 48.8 Å². The van der Waals surface area contributed by atoms with Crippen LogP contribution in [0.4, 0.5) is 0 Å². The van der Waals surface area contributed by atoms with Crippen LogP contribution in [0.15, 0.2) is 23.2 Å². The number of fused-ring (bicyclic) bond motifs is 1. The Balaban J connectivity index is 0.00000121. The summed E-state index contributed by atoms with van der Waals surface area (Å²) in [6, 6.07) is 5.79. The minimum atomic E-state index is -0.406. The van der Waals surface area contributed by atoms with Gasteiger partial charge in [0.2, 0.25) is 6.79 Å². The average molecular weight is 298 g/mol. The van der Waals surface area contributed by atoms with E-state index in [1.165, 1.54) is 0 Å². The van der Waals surface area contributed by atoms with Gasteiger partial charge >= 0.3 is 0 Å². The number of nitrogens with zero attached hydrogens (tertiary/aromatic N) is 1. The molecule has 1 aromatic carbocycles. The SMILES string of the molecule is Cl.c1cc2c(cc1C1=NC3(CCNCC3)ON1)OCO2. The molecule has 0 aromatic heterocycles. The first kappa shape index (κ1) is 13.5. The van der Waals surface area contributed by atoms with Crippen molar-refractivity contribution in [3.8, 4) is 11.5 Å². The van der Waals surface area contributed by atoms with Crippen molar-refractivity contribution in [1.29, 1.82) is 0 Å². The van der Waals surface area contributed by atoms with Gasteiger partial charge in [-0.15, -0.1) is 12.4 Å². The Morgan fingerprint density at radius 1 is 1.10 bits per heavy atom.